The molecule has 4 aromatic heterocycles. The van der Waals surface area contributed by atoms with Gasteiger partial charge in [0.25, 0.3) is 5.56 Å². The number of nitrogens with zero attached hydrogens (tertiary/aromatic N) is 6. The maximum atomic E-state index is 12.5. The number of anilines is 2. The summed E-state index contributed by atoms with van der Waals surface area (Å²) in [6.45, 7) is 9.36. The molecule has 36 heavy (non-hydrogen) atoms. The molecule has 0 atom stereocenters. The third kappa shape index (κ3) is 5.75. The molecule has 1 saturated heterocycles. The number of aryl methyl sites for hydroxylation is 1. The highest BCUT2D eigenvalue weighted by Gasteiger charge is 2.11. The molecule has 0 spiro atoms. The van der Waals surface area contributed by atoms with Crippen molar-refractivity contribution in [3.05, 3.63) is 70.9 Å². The summed E-state index contributed by atoms with van der Waals surface area (Å²) in [6, 6.07) is 11.3. The molecule has 0 saturated carbocycles. The predicted molar refractivity (Wildman–Crippen MR) is 141 cm³/mol. The molecule has 0 radical (unpaired) electrons. The number of hydrogen-bond donors (Lipinski definition) is 1. The zero-order valence-corrected chi connectivity index (χ0v) is 20.7. The van der Waals surface area contributed by atoms with Crippen LogP contribution in [-0.4, -0.2) is 62.5 Å². The van der Waals surface area contributed by atoms with E-state index in [2.05, 4.69) is 39.2 Å². The first-order chi connectivity index (χ1) is 17.5. The van der Waals surface area contributed by atoms with Crippen LogP contribution >= 0.6 is 0 Å². The second-order valence-electron chi connectivity index (χ2n) is 9.37. The third-order valence-corrected chi connectivity index (χ3v) is 6.43. The van der Waals surface area contributed by atoms with E-state index in [1.165, 1.54) is 0 Å². The molecule has 0 amide bonds. The minimum Gasteiger partial charge on any atom is -0.379 e. The highest BCUT2D eigenvalue weighted by Crippen LogP contribution is 2.24. The largest absolute Gasteiger partial charge is 0.379 e. The summed E-state index contributed by atoms with van der Waals surface area (Å²) < 4.78 is 7.19. The molecule has 0 unspecified atom stereocenters. The van der Waals surface area contributed by atoms with E-state index >= 15 is 0 Å². The van der Waals surface area contributed by atoms with Crippen LogP contribution in [0.1, 0.15) is 31.7 Å². The van der Waals surface area contributed by atoms with Crippen LogP contribution < -0.4 is 10.9 Å². The Morgan fingerprint density at radius 3 is 2.67 bits per heavy atom. The molecule has 1 aliphatic rings. The molecule has 0 aromatic carbocycles. The van der Waals surface area contributed by atoms with E-state index in [9.17, 15) is 4.79 Å². The average Bonchev–Trinajstić information content (AvgIpc) is 2.90. The zero-order valence-electron chi connectivity index (χ0n) is 20.7. The second-order valence-corrected chi connectivity index (χ2v) is 9.37. The molecule has 9 heteroatoms. The molecule has 186 valence electrons. The number of aromatic nitrogens is 5. The Hall–Kier alpha value is -3.69. The van der Waals surface area contributed by atoms with Gasteiger partial charge in [-0.05, 0) is 53.8 Å². The van der Waals surface area contributed by atoms with Gasteiger partial charge in [0.15, 0.2) is 5.82 Å². The smallest absolute Gasteiger partial charge is 0.250 e. The SMILES string of the molecule is CC(C)c1cnnc(Nc2ccc3ncc(-c4ccc(=O)n(CCCN5CCOCC5)c4)cc3n2)c1. The van der Waals surface area contributed by atoms with E-state index in [1.807, 2.05) is 42.7 Å². The van der Waals surface area contributed by atoms with Crippen LogP contribution in [0.25, 0.3) is 22.2 Å². The van der Waals surface area contributed by atoms with Crippen LogP contribution in [0.4, 0.5) is 11.6 Å². The minimum absolute atomic E-state index is 0.00354. The summed E-state index contributed by atoms with van der Waals surface area (Å²) in [5.41, 5.74) is 4.52. The summed E-state index contributed by atoms with van der Waals surface area (Å²) in [5, 5.41) is 11.5. The predicted octanol–water partition coefficient (Wildman–Crippen LogP) is 3.84. The number of nitrogens with one attached hydrogen (secondary N) is 1. The number of ether oxygens (including phenoxy) is 1. The van der Waals surface area contributed by atoms with E-state index in [0.29, 0.717) is 24.1 Å². The van der Waals surface area contributed by atoms with Crippen molar-refractivity contribution >= 4 is 22.7 Å². The molecular weight excluding hydrogens is 454 g/mol. The Balaban J connectivity index is 1.34. The van der Waals surface area contributed by atoms with Crippen molar-refractivity contribution in [1.29, 1.82) is 0 Å². The maximum absolute atomic E-state index is 12.5. The van der Waals surface area contributed by atoms with Crippen molar-refractivity contribution in [3.8, 4) is 11.1 Å². The maximum Gasteiger partial charge on any atom is 0.250 e. The van der Waals surface area contributed by atoms with Gasteiger partial charge in [-0.15, -0.1) is 5.10 Å². The van der Waals surface area contributed by atoms with Crippen molar-refractivity contribution in [2.75, 3.05) is 38.2 Å². The van der Waals surface area contributed by atoms with Crippen LogP contribution in [0.3, 0.4) is 0 Å². The highest BCUT2D eigenvalue weighted by molar-refractivity contribution is 5.81. The van der Waals surface area contributed by atoms with Crippen molar-refractivity contribution < 1.29 is 4.74 Å². The summed E-state index contributed by atoms with van der Waals surface area (Å²) in [4.78, 5) is 24.2. The van der Waals surface area contributed by atoms with Gasteiger partial charge in [0.05, 0.1) is 30.4 Å². The Morgan fingerprint density at radius 2 is 1.83 bits per heavy atom. The van der Waals surface area contributed by atoms with Gasteiger partial charge < -0.3 is 14.6 Å². The third-order valence-electron chi connectivity index (χ3n) is 6.43. The fourth-order valence-electron chi connectivity index (χ4n) is 4.29. The van der Waals surface area contributed by atoms with Crippen LogP contribution in [0, 0.1) is 0 Å². The van der Waals surface area contributed by atoms with E-state index in [-0.39, 0.29) is 5.56 Å². The lowest BCUT2D eigenvalue weighted by molar-refractivity contribution is 0.0369. The molecule has 1 fully saturated rings. The van der Waals surface area contributed by atoms with Gasteiger partial charge in [0.2, 0.25) is 0 Å². The highest BCUT2D eigenvalue weighted by atomic mass is 16.5. The van der Waals surface area contributed by atoms with Crippen LogP contribution in [0.15, 0.2) is 59.8 Å². The molecular formula is C27H31N7O2. The lowest BCUT2D eigenvalue weighted by atomic mass is 10.1. The van der Waals surface area contributed by atoms with E-state index < -0.39 is 0 Å². The Morgan fingerprint density at radius 1 is 0.972 bits per heavy atom. The molecule has 4 aromatic rings. The minimum atomic E-state index is 0.00354. The molecule has 9 nitrogen and oxygen atoms in total. The van der Waals surface area contributed by atoms with Crippen molar-refractivity contribution in [2.24, 2.45) is 0 Å². The van der Waals surface area contributed by atoms with Gasteiger partial charge in [0.1, 0.15) is 5.82 Å². The molecule has 5 rings (SSSR count). The van der Waals surface area contributed by atoms with E-state index in [1.54, 1.807) is 16.8 Å². The Kier molecular flexibility index (Phi) is 7.29. The average molecular weight is 486 g/mol. The van der Waals surface area contributed by atoms with E-state index in [0.717, 1.165) is 67.0 Å². The lowest BCUT2D eigenvalue weighted by Crippen LogP contribution is -2.37. The molecule has 5 heterocycles. The number of rotatable bonds is 8. The van der Waals surface area contributed by atoms with Crippen LogP contribution in [0.2, 0.25) is 0 Å². The van der Waals surface area contributed by atoms with Gasteiger partial charge in [-0.25, -0.2) is 4.98 Å². The second kappa shape index (κ2) is 10.9. The number of fused-ring (bicyclic) bond motifs is 1. The van der Waals surface area contributed by atoms with Gasteiger partial charge in [-0.3, -0.25) is 14.7 Å². The summed E-state index contributed by atoms with van der Waals surface area (Å²) >= 11 is 0. The van der Waals surface area contributed by atoms with Crippen molar-refractivity contribution in [3.63, 3.8) is 0 Å². The van der Waals surface area contributed by atoms with Gasteiger partial charge in [-0.1, -0.05) is 13.8 Å². The standard InChI is InChI=1S/C27H31N7O2/c1-19(2)21-15-26(32-29-17-21)31-25-6-5-23-24(30-25)14-22(16-28-23)20-4-7-27(35)34(18-20)9-3-8-33-10-12-36-13-11-33/h4-7,14-19H,3,8-13H2,1-2H3,(H,30,31,32). The summed E-state index contributed by atoms with van der Waals surface area (Å²) in [5.74, 6) is 1.69. The monoisotopic (exact) mass is 485 g/mol. The number of morpholine rings is 1. The first-order valence-corrected chi connectivity index (χ1v) is 12.4. The molecule has 0 aliphatic carbocycles. The van der Waals surface area contributed by atoms with Crippen molar-refractivity contribution in [1.82, 2.24) is 29.6 Å². The van der Waals surface area contributed by atoms with Crippen molar-refractivity contribution in [2.45, 2.75) is 32.7 Å². The van der Waals surface area contributed by atoms with Gasteiger partial charge in [0, 0.05) is 50.2 Å². The fourth-order valence-corrected chi connectivity index (χ4v) is 4.29. The Bertz CT molecular complexity index is 1400. The summed E-state index contributed by atoms with van der Waals surface area (Å²) in [6.07, 6.45) is 6.44. The van der Waals surface area contributed by atoms with Crippen LogP contribution in [0.5, 0.6) is 0 Å². The Labute approximate surface area is 210 Å². The zero-order chi connectivity index (χ0) is 24.9. The first kappa shape index (κ1) is 24.0. The molecule has 1 aliphatic heterocycles. The summed E-state index contributed by atoms with van der Waals surface area (Å²) in [7, 11) is 0. The van der Waals surface area contributed by atoms with Crippen LogP contribution in [-0.2, 0) is 11.3 Å². The lowest BCUT2D eigenvalue weighted by Gasteiger charge is -2.26. The molecule has 0 bridgehead atoms. The van der Waals surface area contributed by atoms with Gasteiger partial charge >= 0.3 is 0 Å². The molecule has 1 N–H and O–H groups in total. The van der Waals surface area contributed by atoms with Gasteiger partial charge in [-0.2, -0.15) is 5.10 Å². The fraction of sp³-hybridized carbons (Fsp3) is 0.370. The topological polar surface area (TPSA) is 98.1 Å². The number of hydrogen-bond acceptors (Lipinski definition) is 8. The quantitative estimate of drug-likeness (QED) is 0.402. The normalized spacial score (nSPS) is 14.4. The first-order valence-electron chi connectivity index (χ1n) is 12.4. The number of pyridine rings is 3. The van der Waals surface area contributed by atoms with E-state index in [4.69, 9.17) is 9.72 Å².